The van der Waals surface area contributed by atoms with Gasteiger partial charge in [-0.3, -0.25) is 24.5 Å². The molecule has 9 nitrogen and oxygen atoms in total. The predicted octanol–water partition coefficient (Wildman–Crippen LogP) is 3.22. The van der Waals surface area contributed by atoms with E-state index in [-0.39, 0.29) is 34.9 Å². The molecule has 0 aliphatic rings. The van der Waals surface area contributed by atoms with Gasteiger partial charge in [0.25, 0.3) is 17.5 Å². The van der Waals surface area contributed by atoms with Crippen LogP contribution >= 0.6 is 11.6 Å². The van der Waals surface area contributed by atoms with E-state index in [2.05, 4.69) is 10.6 Å². The summed E-state index contributed by atoms with van der Waals surface area (Å²) < 4.78 is 31.3. The number of amides is 2. The molecule has 0 saturated heterocycles. The highest BCUT2D eigenvalue weighted by atomic mass is 35.5. The molecule has 164 valence electrons. The number of rotatable bonds is 8. The molecule has 2 N–H and O–H groups in total. The number of esters is 1. The first kappa shape index (κ1) is 23.7. The van der Waals surface area contributed by atoms with Gasteiger partial charge in [-0.15, -0.1) is 0 Å². The third-order valence-electron chi connectivity index (χ3n) is 3.89. The fourth-order valence-electron chi connectivity index (χ4n) is 2.31. The van der Waals surface area contributed by atoms with Gasteiger partial charge in [0.1, 0.15) is 11.6 Å². The number of anilines is 1. The normalized spacial score (nSPS) is 11.4. The summed E-state index contributed by atoms with van der Waals surface area (Å²) in [5.74, 6) is -4.28. The zero-order chi connectivity index (χ0) is 23.1. The summed E-state index contributed by atoms with van der Waals surface area (Å²) in [6, 6.07) is 5.88. The predicted molar refractivity (Wildman–Crippen MR) is 106 cm³/mol. The smallest absolute Gasteiger partial charge is 0.308 e. The molecule has 0 aliphatic carbocycles. The summed E-state index contributed by atoms with van der Waals surface area (Å²) in [5, 5.41) is 15.3. The van der Waals surface area contributed by atoms with Crippen molar-refractivity contribution in [2.45, 2.75) is 19.4 Å². The Balaban J connectivity index is 1.81. The van der Waals surface area contributed by atoms with Crippen LogP contribution in [0, 0.1) is 21.7 Å². The lowest BCUT2D eigenvalue weighted by molar-refractivity contribution is -0.384. The number of benzene rings is 2. The van der Waals surface area contributed by atoms with E-state index < -0.39 is 40.4 Å². The average molecular weight is 456 g/mol. The van der Waals surface area contributed by atoms with Crippen molar-refractivity contribution in [1.29, 1.82) is 0 Å². The molecule has 0 aliphatic heterocycles. The van der Waals surface area contributed by atoms with Crippen LogP contribution in [0.25, 0.3) is 0 Å². The van der Waals surface area contributed by atoms with Gasteiger partial charge in [0, 0.05) is 24.7 Å². The lowest BCUT2D eigenvalue weighted by atomic mass is 10.2. The Morgan fingerprint density at radius 2 is 1.90 bits per heavy atom. The van der Waals surface area contributed by atoms with E-state index in [1.54, 1.807) is 0 Å². The zero-order valence-corrected chi connectivity index (χ0v) is 16.7. The molecule has 31 heavy (non-hydrogen) atoms. The topological polar surface area (TPSA) is 128 Å². The summed E-state index contributed by atoms with van der Waals surface area (Å²) in [6.45, 7) is 1.08. The van der Waals surface area contributed by atoms with Crippen molar-refractivity contribution in [3.8, 4) is 0 Å². The Morgan fingerprint density at radius 1 is 1.19 bits per heavy atom. The maximum atomic E-state index is 13.5. The third kappa shape index (κ3) is 6.71. The van der Waals surface area contributed by atoms with E-state index in [0.717, 1.165) is 24.3 Å². The van der Waals surface area contributed by atoms with Crippen LogP contribution in [-0.2, 0) is 14.3 Å². The lowest BCUT2D eigenvalue weighted by Crippen LogP contribution is -2.32. The molecule has 0 fully saturated rings. The summed E-state index contributed by atoms with van der Waals surface area (Å²) in [5.41, 5.74) is -0.554. The Hall–Kier alpha value is -3.60. The Kier molecular flexibility index (Phi) is 7.97. The van der Waals surface area contributed by atoms with E-state index in [1.165, 1.54) is 13.0 Å². The van der Waals surface area contributed by atoms with Gasteiger partial charge in [-0.2, -0.15) is 0 Å². The molecule has 12 heteroatoms. The number of nitro benzene ring substituents is 1. The van der Waals surface area contributed by atoms with E-state index in [9.17, 15) is 33.3 Å². The SMILES string of the molecule is CC(OC(=O)CCNC(=O)c1ccc(F)cc1F)C(=O)Nc1ccc([N+](=O)[O-])cc1Cl. The summed E-state index contributed by atoms with van der Waals surface area (Å²) in [4.78, 5) is 45.9. The number of non-ortho nitro benzene ring substituents is 1. The van der Waals surface area contributed by atoms with E-state index in [4.69, 9.17) is 16.3 Å². The number of nitrogens with one attached hydrogen (secondary N) is 2. The molecule has 2 aromatic rings. The van der Waals surface area contributed by atoms with Gasteiger partial charge in [-0.05, 0) is 25.1 Å². The zero-order valence-electron chi connectivity index (χ0n) is 16.0. The van der Waals surface area contributed by atoms with Gasteiger partial charge in [-0.1, -0.05) is 11.6 Å². The van der Waals surface area contributed by atoms with Gasteiger partial charge in [0.05, 0.1) is 27.6 Å². The van der Waals surface area contributed by atoms with Gasteiger partial charge < -0.3 is 15.4 Å². The number of ether oxygens (including phenoxy) is 1. The van der Waals surface area contributed by atoms with Crippen molar-refractivity contribution in [2.75, 3.05) is 11.9 Å². The first-order chi connectivity index (χ1) is 14.6. The van der Waals surface area contributed by atoms with E-state index in [1.807, 2.05) is 0 Å². The van der Waals surface area contributed by atoms with Crippen molar-refractivity contribution in [1.82, 2.24) is 5.32 Å². The molecule has 0 bridgehead atoms. The largest absolute Gasteiger partial charge is 0.452 e. The molecule has 0 spiro atoms. The molecule has 0 heterocycles. The number of hydrogen-bond donors (Lipinski definition) is 2. The first-order valence-electron chi connectivity index (χ1n) is 8.76. The summed E-state index contributed by atoms with van der Waals surface area (Å²) >= 11 is 5.88. The van der Waals surface area contributed by atoms with E-state index in [0.29, 0.717) is 6.07 Å². The molecule has 1 atom stereocenters. The fraction of sp³-hybridized carbons (Fsp3) is 0.211. The van der Waals surface area contributed by atoms with Crippen molar-refractivity contribution in [3.05, 3.63) is 68.7 Å². The van der Waals surface area contributed by atoms with Crippen molar-refractivity contribution in [2.24, 2.45) is 0 Å². The lowest BCUT2D eigenvalue weighted by Gasteiger charge is -2.14. The number of nitro groups is 1. The maximum absolute atomic E-state index is 13.5. The Labute approximate surface area is 179 Å². The highest BCUT2D eigenvalue weighted by Gasteiger charge is 2.20. The Bertz CT molecular complexity index is 1030. The fourth-order valence-corrected chi connectivity index (χ4v) is 2.53. The molecule has 1 unspecified atom stereocenters. The van der Waals surface area contributed by atoms with Crippen molar-refractivity contribution >= 4 is 40.8 Å². The highest BCUT2D eigenvalue weighted by Crippen LogP contribution is 2.26. The van der Waals surface area contributed by atoms with Gasteiger partial charge >= 0.3 is 5.97 Å². The Morgan fingerprint density at radius 3 is 2.52 bits per heavy atom. The second-order valence-electron chi connectivity index (χ2n) is 6.17. The maximum Gasteiger partial charge on any atom is 0.308 e. The number of nitrogens with zero attached hydrogens (tertiary/aromatic N) is 1. The third-order valence-corrected chi connectivity index (χ3v) is 4.20. The molecule has 0 aromatic heterocycles. The van der Waals surface area contributed by atoms with Gasteiger partial charge in [0.2, 0.25) is 0 Å². The van der Waals surface area contributed by atoms with Gasteiger partial charge in [0.15, 0.2) is 6.10 Å². The number of hydrogen-bond acceptors (Lipinski definition) is 6. The quantitative estimate of drug-likeness (QED) is 0.357. The van der Waals surface area contributed by atoms with Crippen LogP contribution in [0.15, 0.2) is 36.4 Å². The second kappa shape index (κ2) is 10.4. The minimum Gasteiger partial charge on any atom is -0.452 e. The van der Waals surface area contributed by atoms with Crippen LogP contribution in [0.5, 0.6) is 0 Å². The molecular weight excluding hydrogens is 440 g/mol. The molecule has 0 saturated carbocycles. The van der Waals surface area contributed by atoms with Crippen LogP contribution < -0.4 is 10.6 Å². The van der Waals surface area contributed by atoms with Crippen LogP contribution in [0.3, 0.4) is 0 Å². The summed E-state index contributed by atoms with van der Waals surface area (Å²) in [6.07, 6.45) is -1.55. The first-order valence-corrected chi connectivity index (χ1v) is 9.14. The average Bonchev–Trinajstić information content (AvgIpc) is 2.69. The molecular formula is C19H16ClF2N3O6. The van der Waals surface area contributed by atoms with E-state index >= 15 is 0 Å². The minimum absolute atomic E-state index is 0.0724. The molecule has 0 radical (unpaired) electrons. The second-order valence-corrected chi connectivity index (χ2v) is 6.58. The standard InChI is InChI=1S/C19H16ClF2N3O6/c1-10(18(27)24-16-5-3-12(25(29)30)9-14(16)20)31-17(26)6-7-23-19(28)13-4-2-11(21)8-15(13)22/h2-5,8-10H,6-7H2,1H3,(H,23,28)(H,24,27). The van der Waals surface area contributed by atoms with Crippen molar-refractivity contribution < 1.29 is 32.8 Å². The number of halogens is 3. The van der Waals surface area contributed by atoms with Crippen molar-refractivity contribution in [3.63, 3.8) is 0 Å². The summed E-state index contributed by atoms with van der Waals surface area (Å²) in [7, 11) is 0. The highest BCUT2D eigenvalue weighted by molar-refractivity contribution is 6.34. The number of carbonyl (C=O) groups is 3. The van der Waals surface area contributed by atoms with Gasteiger partial charge in [-0.25, -0.2) is 8.78 Å². The van der Waals surface area contributed by atoms with Crippen LogP contribution in [0.1, 0.15) is 23.7 Å². The monoisotopic (exact) mass is 455 g/mol. The molecule has 2 aromatic carbocycles. The van der Waals surface area contributed by atoms with Crippen LogP contribution in [0.4, 0.5) is 20.2 Å². The van der Waals surface area contributed by atoms with Crippen LogP contribution in [0.2, 0.25) is 5.02 Å². The molecule has 2 amide bonds. The minimum atomic E-state index is -1.23. The molecule has 2 rings (SSSR count). The van der Waals surface area contributed by atoms with Crippen LogP contribution in [-0.4, -0.2) is 35.4 Å². The number of carbonyl (C=O) groups excluding carboxylic acids is 3.